The van der Waals surface area contributed by atoms with Crippen molar-refractivity contribution in [2.75, 3.05) is 0 Å². The van der Waals surface area contributed by atoms with E-state index in [4.69, 9.17) is 5.11 Å². The molecule has 0 saturated carbocycles. The highest BCUT2D eigenvalue weighted by Crippen LogP contribution is 2.11. The summed E-state index contributed by atoms with van der Waals surface area (Å²) in [6.07, 6.45) is 14.0. The Balaban J connectivity index is 3.72. The van der Waals surface area contributed by atoms with Crippen LogP contribution in [0.4, 0.5) is 0 Å². The molecule has 1 N–H and O–H groups in total. The van der Waals surface area contributed by atoms with Gasteiger partial charge in [-0.15, -0.1) is 0 Å². The van der Waals surface area contributed by atoms with Crippen molar-refractivity contribution in [3.05, 3.63) is 36.5 Å². The zero-order valence-electron chi connectivity index (χ0n) is 9.52. The lowest BCUT2D eigenvalue weighted by Gasteiger charge is -2.06. The first-order chi connectivity index (χ1) is 7.22. The van der Waals surface area contributed by atoms with E-state index in [0.29, 0.717) is 6.42 Å². The number of rotatable bonds is 7. The topological polar surface area (TPSA) is 37.3 Å². The average Bonchev–Trinajstić information content (AvgIpc) is 2.21. The lowest BCUT2D eigenvalue weighted by atomic mass is 10.0. The summed E-state index contributed by atoms with van der Waals surface area (Å²) in [6, 6.07) is 0. The molecule has 0 aromatic carbocycles. The first kappa shape index (κ1) is 13.7. The molecule has 0 aliphatic rings. The van der Waals surface area contributed by atoms with Gasteiger partial charge in [0.25, 0.3) is 0 Å². The minimum atomic E-state index is -0.685. The van der Waals surface area contributed by atoms with Crippen LogP contribution in [0.5, 0.6) is 0 Å². The van der Waals surface area contributed by atoms with Crippen LogP contribution in [0, 0.1) is 5.92 Å². The van der Waals surface area contributed by atoms with Crippen molar-refractivity contribution in [2.45, 2.75) is 33.1 Å². The van der Waals surface area contributed by atoms with E-state index in [0.717, 1.165) is 12.8 Å². The van der Waals surface area contributed by atoms with Crippen LogP contribution in [0.15, 0.2) is 36.5 Å². The summed E-state index contributed by atoms with van der Waals surface area (Å²) in [7, 11) is 0. The van der Waals surface area contributed by atoms with Gasteiger partial charge in [0.05, 0.1) is 5.92 Å². The van der Waals surface area contributed by atoms with E-state index < -0.39 is 5.97 Å². The van der Waals surface area contributed by atoms with E-state index in [9.17, 15) is 4.79 Å². The minimum Gasteiger partial charge on any atom is -0.481 e. The van der Waals surface area contributed by atoms with Gasteiger partial charge in [-0.3, -0.25) is 4.79 Å². The number of allylic oxidation sites excluding steroid dienone is 6. The first-order valence-corrected chi connectivity index (χ1v) is 5.39. The Bertz CT molecular complexity index is 249. The number of hydrogen-bond donors (Lipinski definition) is 1. The number of aliphatic carboxylic acids is 1. The molecular formula is C13H20O2. The fourth-order valence-electron chi connectivity index (χ4n) is 1.21. The second-order valence-electron chi connectivity index (χ2n) is 3.36. The van der Waals surface area contributed by atoms with Crippen molar-refractivity contribution in [1.29, 1.82) is 0 Å². The van der Waals surface area contributed by atoms with Gasteiger partial charge in [-0.2, -0.15) is 0 Å². The summed E-state index contributed by atoms with van der Waals surface area (Å²) in [4.78, 5) is 10.7. The van der Waals surface area contributed by atoms with Crippen molar-refractivity contribution in [2.24, 2.45) is 5.92 Å². The van der Waals surface area contributed by atoms with Gasteiger partial charge in [0.15, 0.2) is 0 Å². The quantitative estimate of drug-likeness (QED) is 0.649. The van der Waals surface area contributed by atoms with Gasteiger partial charge >= 0.3 is 5.97 Å². The maximum Gasteiger partial charge on any atom is 0.306 e. The van der Waals surface area contributed by atoms with Gasteiger partial charge in [0, 0.05) is 0 Å². The molecule has 0 radical (unpaired) electrons. The molecule has 0 fully saturated rings. The molecule has 0 saturated heterocycles. The smallest absolute Gasteiger partial charge is 0.306 e. The van der Waals surface area contributed by atoms with Crippen LogP contribution in [0.1, 0.15) is 33.1 Å². The van der Waals surface area contributed by atoms with Crippen LogP contribution < -0.4 is 0 Å². The second kappa shape index (κ2) is 9.25. The van der Waals surface area contributed by atoms with E-state index in [2.05, 4.69) is 0 Å². The Labute approximate surface area is 92.0 Å². The summed E-state index contributed by atoms with van der Waals surface area (Å²) >= 11 is 0. The second-order valence-corrected chi connectivity index (χ2v) is 3.36. The molecule has 0 aliphatic heterocycles. The van der Waals surface area contributed by atoms with Crippen molar-refractivity contribution >= 4 is 5.97 Å². The van der Waals surface area contributed by atoms with Gasteiger partial charge in [-0.1, -0.05) is 43.4 Å². The summed E-state index contributed by atoms with van der Waals surface area (Å²) in [6.45, 7) is 3.88. The molecule has 0 rings (SSSR count). The Morgan fingerprint density at radius 1 is 1.27 bits per heavy atom. The third-order valence-electron chi connectivity index (χ3n) is 2.19. The Kier molecular flexibility index (Phi) is 8.44. The Morgan fingerprint density at radius 2 is 1.93 bits per heavy atom. The third kappa shape index (κ3) is 7.74. The van der Waals surface area contributed by atoms with E-state index in [1.165, 1.54) is 0 Å². The van der Waals surface area contributed by atoms with Crippen molar-refractivity contribution in [1.82, 2.24) is 0 Å². The van der Waals surface area contributed by atoms with Gasteiger partial charge < -0.3 is 5.11 Å². The molecule has 0 amide bonds. The molecule has 0 heterocycles. The number of hydrogen-bond acceptors (Lipinski definition) is 1. The highest BCUT2D eigenvalue weighted by Gasteiger charge is 2.12. The van der Waals surface area contributed by atoms with Crippen molar-refractivity contribution in [3.63, 3.8) is 0 Å². The SMILES string of the molecule is CC=CC=CC=CCCC(CC)C(=O)O. The molecule has 0 aliphatic carbocycles. The van der Waals surface area contributed by atoms with E-state index in [-0.39, 0.29) is 5.92 Å². The number of carbonyl (C=O) groups is 1. The molecule has 0 spiro atoms. The molecule has 0 aromatic heterocycles. The normalized spacial score (nSPS) is 14.3. The number of carboxylic acid groups (broad SMARTS) is 1. The van der Waals surface area contributed by atoms with Crippen LogP contribution in [-0.4, -0.2) is 11.1 Å². The van der Waals surface area contributed by atoms with E-state index in [1.807, 2.05) is 50.3 Å². The molecule has 1 unspecified atom stereocenters. The molecule has 84 valence electrons. The molecule has 0 aromatic rings. The maximum atomic E-state index is 10.7. The Morgan fingerprint density at radius 3 is 2.47 bits per heavy atom. The predicted octanol–water partition coefficient (Wildman–Crippen LogP) is 3.57. The number of carboxylic acids is 1. The monoisotopic (exact) mass is 208 g/mol. The lowest BCUT2D eigenvalue weighted by Crippen LogP contribution is -2.11. The standard InChI is InChI=1S/C13H20O2/c1-3-5-6-7-8-9-10-11-12(4-2)13(14)15/h3,5-9,12H,4,10-11H2,1-2H3,(H,14,15). The van der Waals surface area contributed by atoms with Crippen LogP contribution in [0.2, 0.25) is 0 Å². The highest BCUT2D eigenvalue weighted by molar-refractivity contribution is 5.69. The molecule has 1 atom stereocenters. The summed E-state index contributed by atoms with van der Waals surface area (Å²) < 4.78 is 0. The lowest BCUT2D eigenvalue weighted by molar-refractivity contribution is -0.142. The fraction of sp³-hybridized carbons (Fsp3) is 0.462. The van der Waals surface area contributed by atoms with Crippen LogP contribution >= 0.6 is 0 Å². The summed E-state index contributed by atoms with van der Waals surface area (Å²) in [5.74, 6) is -0.885. The minimum absolute atomic E-state index is 0.200. The van der Waals surface area contributed by atoms with Crippen molar-refractivity contribution < 1.29 is 9.90 Å². The molecule has 15 heavy (non-hydrogen) atoms. The highest BCUT2D eigenvalue weighted by atomic mass is 16.4. The molecular weight excluding hydrogens is 188 g/mol. The van der Waals surface area contributed by atoms with Crippen LogP contribution in [0.25, 0.3) is 0 Å². The van der Waals surface area contributed by atoms with Gasteiger partial charge in [-0.05, 0) is 26.2 Å². The third-order valence-corrected chi connectivity index (χ3v) is 2.19. The molecule has 2 heteroatoms. The first-order valence-electron chi connectivity index (χ1n) is 5.39. The zero-order chi connectivity index (χ0) is 11.5. The van der Waals surface area contributed by atoms with E-state index in [1.54, 1.807) is 0 Å². The van der Waals surface area contributed by atoms with Gasteiger partial charge in [0.2, 0.25) is 0 Å². The van der Waals surface area contributed by atoms with Crippen LogP contribution in [0.3, 0.4) is 0 Å². The largest absolute Gasteiger partial charge is 0.481 e. The van der Waals surface area contributed by atoms with Gasteiger partial charge in [0.1, 0.15) is 0 Å². The molecule has 2 nitrogen and oxygen atoms in total. The van der Waals surface area contributed by atoms with Crippen molar-refractivity contribution in [3.8, 4) is 0 Å². The summed E-state index contributed by atoms with van der Waals surface area (Å²) in [5, 5.41) is 8.80. The zero-order valence-corrected chi connectivity index (χ0v) is 9.52. The molecule has 0 bridgehead atoms. The predicted molar refractivity (Wildman–Crippen MR) is 63.7 cm³/mol. The summed E-state index contributed by atoms with van der Waals surface area (Å²) in [5.41, 5.74) is 0. The van der Waals surface area contributed by atoms with Gasteiger partial charge in [-0.25, -0.2) is 0 Å². The van der Waals surface area contributed by atoms with Crippen LogP contribution in [-0.2, 0) is 4.79 Å². The fourth-order valence-corrected chi connectivity index (χ4v) is 1.21. The average molecular weight is 208 g/mol. The van der Waals surface area contributed by atoms with E-state index >= 15 is 0 Å². The Hall–Kier alpha value is -1.31. The maximum absolute atomic E-state index is 10.7.